The fourth-order valence-corrected chi connectivity index (χ4v) is 2.58. The number of benzene rings is 1. The number of ether oxygens (including phenoxy) is 2. The van der Waals surface area contributed by atoms with Crippen molar-refractivity contribution in [2.45, 2.75) is 38.5 Å². The van der Waals surface area contributed by atoms with E-state index in [0.29, 0.717) is 31.5 Å². The topological polar surface area (TPSA) is 52.6 Å². The molecule has 4 nitrogen and oxygen atoms in total. The van der Waals surface area contributed by atoms with Gasteiger partial charge in [-0.15, -0.1) is 0 Å². The van der Waals surface area contributed by atoms with Crippen molar-refractivity contribution in [1.82, 2.24) is 0 Å². The minimum atomic E-state index is -3.72. The molecule has 0 saturated heterocycles. The molecule has 1 rings (SSSR count). The minimum absolute atomic E-state index is 0.0938. The molecule has 120 valence electrons. The highest BCUT2D eigenvalue weighted by Gasteiger charge is 2.15. The van der Waals surface area contributed by atoms with Crippen molar-refractivity contribution in [1.29, 1.82) is 0 Å². The lowest BCUT2D eigenvalue weighted by Crippen LogP contribution is -2.11. The third-order valence-electron chi connectivity index (χ3n) is 2.82. The molecule has 6 heteroatoms. The van der Waals surface area contributed by atoms with Crippen LogP contribution in [0.25, 0.3) is 0 Å². The summed E-state index contributed by atoms with van der Waals surface area (Å²) in [5, 5.41) is 0. The van der Waals surface area contributed by atoms with Crippen molar-refractivity contribution in [3.8, 4) is 5.75 Å². The first kappa shape index (κ1) is 18.3. The van der Waals surface area contributed by atoms with Gasteiger partial charge in [0.05, 0.1) is 11.5 Å². The quantitative estimate of drug-likeness (QED) is 0.536. The molecule has 0 fully saturated rings. The highest BCUT2D eigenvalue weighted by atomic mass is 35.7. The zero-order valence-corrected chi connectivity index (χ0v) is 14.5. The van der Waals surface area contributed by atoms with E-state index in [1.807, 2.05) is 13.8 Å². The van der Waals surface area contributed by atoms with E-state index < -0.39 is 9.05 Å². The monoisotopic (exact) mass is 334 g/mol. The van der Waals surface area contributed by atoms with Crippen molar-refractivity contribution < 1.29 is 17.9 Å². The molecular formula is C15H23ClO4S. The van der Waals surface area contributed by atoms with Gasteiger partial charge < -0.3 is 9.47 Å². The fourth-order valence-electron chi connectivity index (χ4n) is 1.79. The number of hydrogen-bond acceptors (Lipinski definition) is 4. The molecule has 0 heterocycles. The van der Waals surface area contributed by atoms with E-state index in [-0.39, 0.29) is 10.8 Å². The summed E-state index contributed by atoms with van der Waals surface area (Å²) >= 11 is 0. The standard InChI is InChI=1S/C15H23ClO4S/c1-11(2)10-19-7-8-20-15-6-5-13(21(16,17)18)9-14(15)12(3)4/h5-6,9,11-12H,7-8,10H2,1-4H3. The Morgan fingerprint density at radius 2 is 1.81 bits per heavy atom. The van der Waals surface area contributed by atoms with E-state index in [1.54, 1.807) is 12.1 Å². The lowest BCUT2D eigenvalue weighted by molar-refractivity contribution is 0.0815. The van der Waals surface area contributed by atoms with E-state index in [1.165, 1.54) is 6.07 Å². The van der Waals surface area contributed by atoms with Crippen LogP contribution in [0.2, 0.25) is 0 Å². The molecule has 0 bridgehead atoms. The smallest absolute Gasteiger partial charge is 0.261 e. The van der Waals surface area contributed by atoms with E-state index in [2.05, 4.69) is 13.8 Å². The maximum absolute atomic E-state index is 11.4. The average molecular weight is 335 g/mol. The summed E-state index contributed by atoms with van der Waals surface area (Å²) in [6.07, 6.45) is 0. The van der Waals surface area contributed by atoms with E-state index in [0.717, 1.165) is 5.56 Å². The summed E-state index contributed by atoms with van der Waals surface area (Å²) in [4.78, 5) is 0.0938. The second kappa shape index (κ2) is 8.01. The molecule has 0 aromatic heterocycles. The Balaban J connectivity index is 2.74. The Morgan fingerprint density at radius 1 is 1.14 bits per heavy atom. The lowest BCUT2D eigenvalue weighted by atomic mass is 10.0. The molecule has 0 aliphatic rings. The summed E-state index contributed by atoms with van der Waals surface area (Å²) in [5.74, 6) is 1.29. The normalized spacial score (nSPS) is 12.1. The van der Waals surface area contributed by atoms with Crippen molar-refractivity contribution in [2.75, 3.05) is 19.8 Å². The number of rotatable bonds is 8. The minimum Gasteiger partial charge on any atom is -0.491 e. The van der Waals surface area contributed by atoms with E-state index in [9.17, 15) is 8.42 Å². The lowest BCUT2D eigenvalue weighted by Gasteiger charge is -2.15. The molecular weight excluding hydrogens is 312 g/mol. The van der Waals surface area contributed by atoms with Crippen molar-refractivity contribution in [3.05, 3.63) is 23.8 Å². The molecule has 0 unspecified atom stereocenters. The summed E-state index contributed by atoms with van der Waals surface area (Å²) in [5.41, 5.74) is 0.820. The third-order valence-corrected chi connectivity index (χ3v) is 4.17. The van der Waals surface area contributed by atoms with Crippen molar-refractivity contribution in [3.63, 3.8) is 0 Å². The Labute approximate surface area is 131 Å². The van der Waals surface area contributed by atoms with E-state index >= 15 is 0 Å². The molecule has 0 spiro atoms. The summed E-state index contributed by atoms with van der Waals surface area (Å²) < 4.78 is 33.9. The van der Waals surface area contributed by atoms with Gasteiger partial charge in [-0.25, -0.2) is 8.42 Å². The summed E-state index contributed by atoms with van der Waals surface area (Å²) in [6, 6.07) is 4.67. The SMILES string of the molecule is CC(C)COCCOc1ccc(S(=O)(=O)Cl)cc1C(C)C. The summed E-state index contributed by atoms with van der Waals surface area (Å²) in [7, 11) is 1.65. The number of halogens is 1. The Bertz CT molecular complexity index is 553. The van der Waals surface area contributed by atoms with Crippen LogP contribution in [0.3, 0.4) is 0 Å². The van der Waals surface area contributed by atoms with Gasteiger partial charge in [-0.1, -0.05) is 27.7 Å². The predicted octanol–water partition coefficient (Wildman–Crippen LogP) is 3.79. The zero-order chi connectivity index (χ0) is 16.0. The molecule has 0 radical (unpaired) electrons. The largest absolute Gasteiger partial charge is 0.491 e. The Kier molecular flexibility index (Phi) is 6.97. The van der Waals surface area contributed by atoms with Gasteiger partial charge in [-0.05, 0) is 35.6 Å². The van der Waals surface area contributed by atoms with Crippen LogP contribution in [0.1, 0.15) is 39.2 Å². The maximum Gasteiger partial charge on any atom is 0.261 e. The van der Waals surface area contributed by atoms with Crippen LogP contribution in [0.15, 0.2) is 23.1 Å². The van der Waals surface area contributed by atoms with Gasteiger partial charge in [0, 0.05) is 17.3 Å². The van der Waals surface area contributed by atoms with Crippen LogP contribution in [-0.4, -0.2) is 28.2 Å². The third kappa shape index (κ3) is 6.24. The molecule has 0 atom stereocenters. The van der Waals surface area contributed by atoms with Gasteiger partial charge in [-0.2, -0.15) is 0 Å². The summed E-state index contributed by atoms with van der Waals surface area (Å²) in [6.45, 7) is 9.75. The molecule has 0 aliphatic heterocycles. The van der Waals surface area contributed by atoms with Crippen LogP contribution in [0.4, 0.5) is 0 Å². The molecule has 21 heavy (non-hydrogen) atoms. The molecule has 0 N–H and O–H groups in total. The highest BCUT2D eigenvalue weighted by Crippen LogP contribution is 2.30. The Hall–Kier alpha value is -0.780. The average Bonchev–Trinajstić information content (AvgIpc) is 2.36. The van der Waals surface area contributed by atoms with Crippen LogP contribution < -0.4 is 4.74 Å². The van der Waals surface area contributed by atoms with Crippen LogP contribution >= 0.6 is 10.7 Å². The van der Waals surface area contributed by atoms with Gasteiger partial charge >= 0.3 is 0 Å². The first-order chi connectivity index (χ1) is 9.71. The molecule has 0 aliphatic carbocycles. The van der Waals surface area contributed by atoms with Gasteiger partial charge in [-0.3, -0.25) is 0 Å². The van der Waals surface area contributed by atoms with Crippen LogP contribution in [0.5, 0.6) is 5.75 Å². The second-order valence-corrected chi connectivity index (χ2v) is 8.18. The van der Waals surface area contributed by atoms with E-state index in [4.69, 9.17) is 20.2 Å². The van der Waals surface area contributed by atoms with Crippen LogP contribution in [0, 0.1) is 5.92 Å². The fraction of sp³-hybridized carbons (Fsp3) is 0.600. The Morgan fingerprint density at radius 3 is 2.33 bits per heavy atom. The van der Waals surface area contributed by atoms with Crippen molar-refractivity contribution in [2.24, 2.45) is 5.92 Å². The van der Waals surface area contributed by atoms with Gasteiger partial charge in [0.15, 0.2) is 0 Å². The zero-order valence-electron chi connectivity index (χ0n) is 12.9. The first-order valence-corrected chi connectivity index (χ1v) is 9.32. The number of hydrogen-bond donors (Lipinski definition) is 0. The molecule has 0 amide bonds. The van der Waals surface area contributed by atoms with Gasteiger partial charge in [0.2, 0.25) is 0 Å². The predicted molar refractivity (Wildman–Crippen MR) is 84.7 cm³/mol. The first-order valence-electron chi connectivity index (χ1n) is 7.01. The second-order valence-electron chi connectivity index (χ2n) is 5.61. The van der Waals surface area contributed by atoms with Gasteiger partial charge in [0.25, 0.3) is 9.05 Å². The van der Waals surface area contributed by atoms with Crippen LogP contribution in [-0.2, 0) is 13.8 Å². The highest BCUT2D eigenvalue weighted by molar-refractivity contribution is 8.13. The molecule has 0 saturated carbocycles. The molecule has 1 aromatic carbocycles. The maximum atomic E-state index is 11.4. The van der Waals surface area contributed by atoms with Crippen molar-refractivity contribution >= 4 is 19.7 Å². The molecule has 1 aromatic rings. The van der Waals surface area contributed by atoms with Gasteiger partial charge in [0.1, 0.15) is 12.4 Å².